The molecule has 0 saturated carbocycles. The third kappa shape index (κ3) is 2.25. The van der Waals surface area contributed by atoms with Gasteiger partial charge in [0.2, 0.25) is 0 Å². The van der Waals surface area contributed by atoms with Crippen molar-refractivity contribution in [2.24, 2.45) is 0 Å². The van der Waals surface area contributed by atoms with Gasteiger partial charge >= 0.3 is 0 Å². The second-order valence-corrected chi connectivity index (χ2v) is 8.68. The third-order valence-corrected chi connectivity index (χ3v) is 8.52. The smallest absolute Gasteiger partial charge is 0.0493 e. The Bertz CT molecular complexity index is 638. The molecule has 0 saturated heterocycles. The summed E-state index contributed by atoms with van der Waals surface area (Å²) in [5.74, 6) is 0. The molecule has 0 N–H and O–H groups in total. The maximum absolute atomic E-state index is 2.20. The first-order chi connectivity index (χ1) is 9.93. The van der Waals surface area contributed by atoms with E-state index in [0.717, 1.165) is 0 Å². The van der Waals surface area contributed by atoms with E-state index in [0.29, 0.717) is 0 Å². The van der Waals surface area contributed by atoms with Gasteiger partial charge in [0.15, 0.2) is 0 Å². The van der Waals surface area contributed by atoms with Gasteiger partial charge in [-0.25, -0.2) is 0 Å². The van der Waals surface area contributed by atoms with E-state index in [1.165, 1.54) is 30.7 Å². The highest BCUT2D eigenvalue weighted by Crippen LogP contribution is 2.68. The number of fused-ring (bicyclic) bond motifs is 1. The van der Waals surface area contributed by atoms with E-state index in [1.807, 2.05) is 43.2 Å². The van der Waals surface area contributed by atoms with Crippen molar-refractivity contribution in [2.45, 2.75) is 0 Å². The summed E-state index contributed by atoms with van der Waals surface area (Å²) in [7, 11) is 7.58. The van der Waals surface area contributed by atoms with Crippen molar-refractivity contribution in [1.29, 1.82) is 0 Å². The fraction of sp³-hybridized carbons (Fsp3) is 0. The average molecular weight is 331 g/mol. The Morgan fingerprint density at radius 3 is 1.15 bits per heavy atom. The summed E-state index contributed by atoms with van der Waals surface area (Å²) in [4.78, 5) is 5.70. The van der Waals surface area contributed by atoms with Crippen LogP contribution in [0.1, 0.15) is 11.1 Å². The Kier molecular flexibility index (Phi) is 3.65. The molecule has 0 aliphatic carbocycles. The molecule has 0 atom stereocenters. The second kappa shape index (κ2) is 5.60. The van der Waals surface area contributed by atoms with Crippen LogP contribution in [0.2, 0.25) is 0 Å². The lowest BCUT2D eigenvalue weighted by molar-refractivity contribution is 1.64. The minimum absolute atomic E-state index is 1.33. The summed E-state index contributed by atoms with van der Waals surface area (Å²) in [6.45, 7) is 0. The van der Waals surface area contributed by atoms with Gasteiger partial charge in [0.1, 0.15) is 0 Å². The average Bonchev–Trinajstić information content (AvgIpc) is 3.10. The highest BCUT2D eigenvalue weighted by Gasteiger charge is 2.32. The Hall–Kier alpha value is -0.680. The van der Waals surface area contributed by atoms with E-state index in [2.05, 4.69) is 60.7 Å². The van der Waals surface area contributed by atoms with Crippen LogP contribution >= 0.6 is 43.2 Å². The molecule has 98 valence electrons. The maximum Gasteiger partial charge on any atom is 0.0493 e. The van der Waals surface area contributed by atoms with Gasteiger partial charge < -0.3 is 0 Å². The molecule has 0 radical (unpaired) electrons. The van der Waals surface area contributed by atoms with Crippen molar-refractivity contribution < 1.29 is 0 Å². The highest BCUT2D eigenvalue weighted by molar-refractivity contribution is 8.87. The molecule has 0 aromatic heterocycles. The molecule has 2 aromatic carbocycles. The summed E-state index contributed by atoms with van der Waals surface area (Å²) in [6, 6.07) is 21.4. The third-order valence-electron chi connectivity index (χ3n) is 3.11. The van der Waals surface area contributed by atoms with Gasteiger partial charge in [0, 0.05) is 19.6 Å². The lowest BCUT2D eigenvalue weighted by atomic mass is 10.1. The number of rotatable bonds is 2. The molecule has 0 amide bonds. The molecule has 0 nitrogen and oxygen atoms in total. The fourth-order valence-electron chi connectivity index (χ4n) is 2.14. The molecule has 0 spiro atoms. The van der Waals surface area contributed by atoms with Crippen LogP contribution in [0.4, 0.5) is 0 Å². The zero-order valence-electron chi connectivity index (χ0n) is 10.4. The standard InChI is InChI=1S/C16H10S4/c1-3-7-11(8-4-1)13-15-16(20-17-13)14(18-19-15)12-9-5-2-6-10-12/h1-10H. The van der Waals surface area contributed by atoms with E-state index >= 15 is 0 Å². The molecule has 2 aliphatic rings. The number of hydrogen-bond acceptors (Lipinski definition) is 4. The van der Waals surface area contributed by atoms with Crippen LogP contribution in [0.15, 0.2) is 70.5 Å². The Labute approximate surface area is 134 Å². The number of benzene rings is 2. The van der Waals surface area contributed by atoms with Gasteiger partial charge in [-0.2, -0.15) is 0 Å². The minimum atomic E-state index is 1.33. The van der Waals surface area contributed by atoms with Crippen molar-refractivity contribution >= 4 is 53.0 Å². The molecular formula is C16H10S4. The first-order valence-corrected chi connectivity index (χ1v) is 10.5. The summed E-state index contributed by atoms with van der Waals surface area (Å²) in [6.07, 6.45) is 0. The van der Waals surface area contributed by atoms with E-state index in [4.69, 9.17) is 0 Å². The Balaban J connectivity index is 1.80. The van der Waals surface area contributed by atoms with E-state index in [9.17, 15) is 0 Å². The number of hydrogen-bond donors (Lipinski definition) is 0. The van der Waals surface area contributed by atoms with Gasteiger partial charge in [-0.15, -0.1) is 0 Å². The first kappa shape index (κ1) is 13.0. The van der Waals surface area contributed by atoms with Crippen LogP contribution in [0, 0.1) is 0 Å². The predicted molar refractivity (Wildman–Crippen MR) is 97.1 cm³/mol. The van der Waals surface area contributed by atoms with Gasteiger partial charge in [-0.3, -0.25) is 0 Å². The van der Waals surface area contributed by atoms with Gasteiger partial charge in [0.25, 0.3) is 0 Å². The quantitative estimate of drug-likeness (QED) is 0.575. The zero-order valence-corrected chi connectivity index (χ0v) is 13.7. The molecule has 2 aliphatic heterocycles. The molecule has 0 fully saturated rings. The highest BCUT2D eigenvalue weighted by atomic mass is 33.1. The van der Waals surface area contributed by atoms with Crippen LogP contribution in [0.25, 0.3) is 9.81 Å². The summed E-state index contributed by atoms with van der Waals surface area (Å²) >= 11 is 0. The summed E-state index contributed by atoms with van der Waals surface area (Å²) in [5, 5.41) is 0. The summed E-state index contributed by atoms with van der Waals surface area (Å²) < 4.78 is 0. The summed E-state index contributed by atoms with van der Waals surface area (Å²) in [5.41, 5.74) is 2.66. The minimum Gasteiger partial charge on any atom is -0.0622 e. The lowest BCUT2D eigenvalue weighted by Crippen LogP contribution is -1.79. The van der Waals surface area contributed by atoms with Crippen molar-refractivity contribution in [3.63, 3.8) is 0 Å². The molecule has 2 aromatic rings. The molecule has 0 unspecified atom stereocenters. The lowest BCUT2D eigenvalue weighted by Gasteiger charge is -2.02. The van der Waals surface area contributed by atoms with Crippen LogP contribution in [-0.2, 0) is 0 Å². The van der Waals surface area contributed by atoms with Gasteiger partial charge in [0.05, 0.1) is 0 Å². The van der Waals surface area contributed by atoms with Crippen molar-refractivity contribution in [3.05, 3.63) is 81.6 Å². The molecule has 0 bridgehead atoms. The Morgan fingerprint density at radius 2 is 0.750 bits per heavy atom. The monoisotopic (exact) mass is 330 g/mol. The van der Waals surface area contributed by atoms with Crippen molar-refractivity contribution in [1.82, 2.24) is 0 Å². The fourth-order valence-corrected chi connectivity index (χ4v) is 8.94. The van der Waals surface area contributed by atoms with E-state index in [1.54, 1.807) is 0 Å². The van der Waals surface area contributed by atoms with E-state index < -0.39 is 0 Å². The van der Waals surface area contributed by atoms with Crippen molar-refractivity contribution in [2.75, 3.05) is 0 Å². The van der Waals surface area contributed by atoms with Crippen LogP contribution in [0.3, 0.4) is 0 Å². The zero-order chi connectivity index (χ0) is 13.4. The molecule has 4 rings (SSSR count). The van der Waals surface area contributed by atoms with Gasteiger partial charge in [-0.1, -0.05) is 82.3 Å². The maximum atomic E-state index is 2.20. The van der Waals surface area contributed by atoms with Gasteiger partial charge in [-0.05, 0) is 32.7 Å². The van der Waals surface area contributed by atoms with Crippen molar-refractivity contribution in [3.8, 4) is 0 Å². The molecule has 4 heteroatoms. The van der Waals surface area contributed by atoms with E-state index in [-0.39, 0.29) is 0 Å². The molecular weight excluding hydrogens is 320 g/mol. The predicted octanol–water partition coefficient (Wildman–Crippen LogP) is 6.51. The van der Waals surface area contributed by atoms with Crippen LogP contribution in [-0.4, -0.2) is 0 Å². The first-order valence-electron chi connectivity index (χ1n) is 6.22. The Morgan fingerprint density at radius 1 is 0.400 bits per heavy atom. The SMILES string of the molecule is c1ccc(C2=C3SSC(c4ccccc4)=C3SS2)cc1. The largest absolute Gasteiger partial charge is 0.0622 e. The normalized spacial score (nSPS) is 17.8. The topological polar surface area (TPSA) is 0 Å². The van der Waals surface area contributed by atoms with Crippen LogP contribution in [0.5, 0.6) is 0 Å². The molecule has 2 heterocycles. The second-order valence-electron chi connectivity index (χ2n) is 4.38. The van der Waals surface area contributed by atoms with Crippen LogP contribution < -0.4 is 0 Å². The molecule has 20 heavy (non-hydrogen) atoms.